The minimum Gasteiger partial charge on any atom is -0.376 e. The zero-order valence-corrected chi connectivity index (χ0v) is 11.2. The van der Waals surface area contributed by atoms with E-state index in [0.717, 1.165) is 12.1 Å². The summed E-state index contributed by atoms with van der Waals surface area (Å²) in [6.45, 7) is -0.134. The Balaban J connectivity index is 1.89. The second-order valence-corrected chi connectivity index (χ2v) is 4.49. The monoisotopic (exact) mass is 312 g/mol. The number of carbonyl (C=O) groups excluding carboxylic acids is 1. The van der Waals surface area contributed by atoms with Gasteiger partial charge in [0, 0.05) is 11.4 Å². The normalized spacial score (nSPS) is 11.1. The Morgan fingerprint density at radius 3 is 2.27 bits per heavy atom. The molecule has 0 atom stereocenters. The zero-order chi connectivity index (χ0) is 16.2. The molecule has 0 unspecified atom stereocenters. The summed E-state index contributed by atoms with van der Waals surface area (Å²) in [7, 11) is 0. The van der Waals surface area contributed by atoms with Crippen molar-refractivity contribution in [1.29, 1.82) is 0 Å². The van der Waals surface area contributed by atoms with Crippen LogP contribution in [0.15, 0.2) is 48.5 Å². The Morgan fingerprint density at radius 2 is 1.68 bits per heavy atom. The van der Waals surface area contributed by atoms with E-state index in [1.807, 2.05) is 0 Å². The molecule has 2 N–H and O–H groups in total. The highest BCUT2D eigenvalue weighted by Gasteiger charge is 2.29. The topological polar surface area (TPSA) is 41.1 Å². The smallest absolute Gasteiger partial charge is 0.376 e. The highest BCUT2D eigenvalue weighted by atomic mass is 19.4. The van der Waals surface area contributed by atoms with Crippen molar-refractivity contribution in [2.45, 2.75) is 6.18 Å². The van der Waals surface area contributed by atoms with Gasteiger partial charge in [-0.3, -0.25) is 4.79 Å². The summed E-state index contributed by atoms with van der Waals surface area (Å²) in [5.41, 5.74) is -0.106. The van der Waals surface area contributed by atoms with E-state index < -0.39 is 23.5 Å². The first kappa shape index (κ1) is 15.8. The van der Waals surface area contributed by atoms with Gasteiger partial charge in [0.15, 0.2) is 0 Å². The highest BCUT2D eigenvalue weighted by molar-refractivity contribution is 5.93. The maximum Gasteiger partial charge on any atom is 0.416 e. The summed E-state index contributed by atoms with van der Waals surface area (Å²) in [6.07, 6.45) is -4.42. The van der Waals surface area contributed by atoms with Crippen molar-refractivity contribution >= 4 is 17.3 Å². The Morgan fingerprint density at radius 1 is 1.00 bits per heavy atom. The Labute approximate surface area is 124 Å². The van der Waals surface area contributed by atoms with Gasteiger partial charge in [-0.15, -0.1) is 0 Å². The fraction of sp³-hybridized carbons (Fsp3) is 0.133. The average Bonchev–Trinajstić information content (AvgIpc) is 2.45. The van der Waals surface area contributed by atoms with Crippen LogP contribution in [0, 0.1) is 5.82 Å². The van der Waals surface area contributed by atoms with Crippen LogP contribution in [0.4, 0.5) is 28.9 Å². The summed E-state index contributed by atoms with van der Waals surface area (Å²) in [4.78, 5) is 11.7. The lowest BCUT2D eigenvalue weighted by Crippen LogP contribution is -2.21. The lowest BCUT2D eigenvalue weighted by atomic mass is 10.2. The molecule has 0 spiro atoms. The van der Waals surface area contributed by atoms with Crippen LogP contribution in [0.1, 0.15) is 5.56 Å². The molecule has 116 valence electrons. The molecule has 3 nitrogen and oxygen atoms in total. The molecule has 0 aromatic heterocycles. The summed E-state index contributed by atoms with van der Waals surface area (Å²) in [5.74, 6) is -0.892. The molecule has 0 radical (unpaired) electrons. The van der Waals surface area contributed by atoms with E-state index in [1.165, 1.54) is 30.3 Å². The zero-order valence-electron chi connectivity index (χ0n) is 11.2. The Kier molecular flexibility index (Phi) is 4.65. The molecule has 0 aliphatic heterocycles. The van der Waals surface area contributed by atoms with Crippen LogP contribution in [-0.2, 0) is 11.0 Å². The van der Waals surface area contributed by atoms with Crippen LogP contribution in [0.5, 0.6) is 0 Å². The van der Waals surface area contributed by atoms with Gasteiger partial charge in [0.1, 0.15) is 5.82 Å². The predicted octanol–water partition coefficient (Wildman–Crippen LogP) is 3.90. The van der Waals surface area contributed by atoms with Gasteiger partial charge in [-0.1, -0.05) is 6.07 Å². The summed E-state index contributed by atoms with van der Waals surface area (Å²) in [6, 6.07) is 9.69. The van der Waals surface area contributed by atoms with Gasteiger partial charge in [0.2, 0.25) is 5.91 Å². The van der Waals surface area contributed by atoms with Crippen LogP contribution in [0.2, 0.25) is 0 Å². The molecule has 7 heteroatoms. The predicted molar refractivity (Wildman–Crippen MR) is 75.0 cm³/mol. The Hall–Kier alpha value is -2.57. The molecule has 0 heterocycles. The van der Waals surface area contributed by atoms with E-state index in [4.69, 9.17) is 0 Å². The van der Waals surface area contributed by atoms with Crippen molar-refractivity contribution in [1.82, 2.24) is 0 Å². The molecule has 0 fully saturated rings. The first-order valence-electron chi connectivity index (χ1n) is 6.31. The van der Waals surface area contributed by atoms with Gasteiger partial charge in [-0.25, -0.2) is 4.39 Å². The van der Waals surface area contributed by atoms with Gasteiger partial charge < -0.3 is 10.6 Å². The Bertz CT molecular complexity index is 653. The quantitative estimate of drug-likeness (QED) is 0.841. The molecule has 0 saturated carbocycles. The summed E-state index contributed by atoms with van der Waals surface area (Å²) >= 11 is 0. The van der Waals surface area contributed by atoms with Crippen molar-refractivity contribution in [2.75, 3.05) is 17.2 Å². The fourth-order valence-corrected chi connectivity index (χ4v) is 1.73. The van der Waals surface area contributed by atoms with Crippen LogP contribution in [-0.4, -0.2) is 12.5 Å². The van der Waals surface area contributed by atoms with Crippen molar-refractivity contribution in [2.24, 2.45) is 0 Å². The number of halogens is 4. The third-order valence-electron chi connectivity index (χ3n) is 2.77. The van der Waals surface area contributed by atoms with E-state index >= 15 is 0 Å². The number of anilines is 2. The SMILES string of the molecule is O=C(CNc1cccc(F)c1)Nc1ccc(C(F)(F)F)cc1. The molecular formula is C15H12F4N2O. The molecule has 2 aromatic carbocycles. The van der Waals surface area contributed by atoms with Gasteiger partial charge in [0.05, 0.1) is 12.1 Å². The standard InChI is InChI=1S/C15H12F4N2O/c16-11-2-1-3-13(8-11)20-9-14(22)21-12-6-4-10(5-7-12)15(17,18)19/h1-8,20H,9H2,(H,21,22). The lowest BCUT2D eigenvalue weighted by molar-refractivity contribution is -0.137. The second-order valence-electron chi connectivity index (χ2n) is 4.49. The van der Waals surface area contributed by atoms with E-state index in [0.29, 0.717) is 5.69 Å². The number of nitrogens with one attached hydrogen (secondary N) is 2. The van der Waals surface area contributed by atoms with Gasteiger partial charge >= 0.3 is 6.18 Å². The number of hydrogen-bond donors (Lipinski definition) is 2. The van der Waals surface area contributed by atoms with Crippen LogP contribution >= 0.6 is 0 Å². The van der Waals surface area contributed by atoms with Crippen LogP contribution < -0.4 is 10.6 Å². The van der Waals surface area contributed by atoms with Crippen molar-refractivity contribution < 1.29 is 22.4 Å². The van der Waals surface area contributed by atoms with Crippen molar-refractivity contribution in [3.8, 4) is 0 Å². The minimum absolute atomic E-state index is 0.134. The van der Waals surface area contributed by atoms with E-state index in [1.54, 1.807) is 6.07 Å². The molecule has 0 aliphatic carbocycles. The maximum atomic E-state index is 12.9. The minimum atomic E-state index is -4.42. The number of benzene rings is 2. The third-order valence-corrected chi connectivity index (χ3v) is 2.77. The molecule has 1 amide bonds. The summed E-state index contributed by atoms with van der Waals surface area (Å²) < 4.78 is 50.1. The molecule has 0 aliphatic rings. The number of carbonyl (C=O) groups is 1. The van der Waals surface area contributed by atoms with E-state index in [-0.39, 0.29) is 12.2 Å². The first-order valence-corrected chi connectivity index (χ1v) is 6.31. The third kappa shape index (κ3) is 4.47. The molecule has 22 heavy (non-hydrogen) atoms. The average molecular weight is 312 g/mol. The van der Waals surface area contributed by atoms with E-state index in [9.17, 15) is 22.4 Å². The molecule has 0 bridgehead atoms. The largest absolute Gasteiger partial charge is 0.416 e. The number of rotatable bonds is 4. The van der Waals surface area contributed by atoms with Crippen LogP contribution in [0.25, 0.3) is 0 Å². The van der Waals surface area contributed by atoms with Crippen LogP contribution in [0.3, 0.4) is 0 Å². The molecule has 2 rings (SSSR count). The van der Waals surface area contributed by atoms with Crippen molar-refractivity contribution in [3.63, 3.8) is 0 Å². The fourth-order valence-electron chi connectivity index (χ4n) is 1.73. The molecule has 0 saturated heterocycles. The van der Waals surface area contributed by atoms with E-state index in [2.05, 4.69) is 10.6 Å². The lowest BCUT2D eigenvalue weighted by Gasteiger charge is -2.10. The van der Waals surface area contributed by atoms with Crippen molar-refractivity contribution in [3.05, 3.63) is 59.9 Å². The van der Waals surface area contributed by atoms with Gasteiger partial charge in [0.25, 0.3) is 0 Å². The number of alkyl halides is 3. The number of amides is 1. The summed E-state index contributed by atoms with van der Waals surface area (Å²) in [5, 5.41) is 5.15. The molecule has 2 aromatic rings. The molecular weight excluding hydrogens is 300 g/mol. The van der Waals surface area contributed by atoms with Gasteiger partial charge in [-0.2, -0.15) is 13.2 Å². The van der Waals surface area contributed by atoms with Gasteiger partial charge in [-0.05, 0) is 42.5 Å². The number of hydrogen-bond acceptors (Lipinski definition) is 2. The maximum absolute atomic E-state index is 12.9. The second kappa shape index (κ2) is 6.46. The first-order chi connectivity index (χ1) is 10.3. The highest BCUT2D eigenvalue weighted by Crippen LogP contribution is 2.29.